The van der Waals surface area contributed by atoms with Gasteiger partial charge in [-0.05, 0) is 36.6 Å². The summed E-state index contributed by atoms with van der Waals surface area (Å²) >= 11 is 0. The fourth-order valence-electron chi connectivity index (χ4n) is 3.41. The highest BCUT2D eigenvalue weighted by Gasteiger charge is 2.27. The number of hydrogen-bond donors (Lipinski definition) is 2. The van der Waals surface area contributed by atoms with Crippen molar-refractivity contribution >= 4 is 11.6 Å². The second-order valence-electron chi connectivity index (χ2n) is 6.23. The minimum Gasteiger partial charge on any atom is -0.323 e. The van der Waals surface area contributed by atoms with Crippen LogP contribution in [0.3, 0.4) is 0 Å². The van der Waals surface area contributed by atoms with Crippen LogP contribution in [0.1, 0.15) is 30.0 Å². The Balaban J connectivity index is 1.65. The average molecular weight is 313 g/mol. The molecule has 1 aliphatic carbocycles. The van der Waals surface area contributed by atoms with E-state index in [-0.39, 0.29) is 11.7 Å². The Morgan fingerprint density at radius 3 is 2.91 bits per heavy atom. The molecule has 2 atom stereocenters. The Bertz CT molecular complexity index is 701. The fraction of sp³-hybridized carbons (Fsp3) is 0.316. The van der Waals surface area contributed by atoms with E-state index in [1.165, 1.54) is 28.2 Å². The molecule has 2 N–H and O–H groups in total. The van der Waals surface area contributed by atoms with E-state index in [0.29, 0.717) is 18.3 Å². The molecule has 4 heteroatoms. The number of halogens is 1. The summed E-state index contributed by atoms with van der Waals surface area (Å²) in [4.78, 5) is 13.4. The maximum Gasteiger partial charge on any atom is 0.279 e. The molecule has 1 aliphatic rings. The highest BCUT2D eigenvalue weighted by molar-refractivity contribution is 5.91. The molecule has 1 amide bonds. The summed E-state index contributed by atoms with van der Waals surface area (Å²) in [5.74, 6) is -0.430. The molecule has 0 fully saturated rings. The Morgan fingerprint density at radius 2 is 2.09 bits per heavy atom. The molecule has 3 rings (SSSR count). The van der Waals surface area contributed by atoms with Gasteiger partial charge in [0.05, 0.1) is 7.05 Å². The molecule has 0 radical (unpaired) electrons. The molecule has 0 spiro atoms. The molecule has 0 saturated carbocycles. The molecule has 23 heavy (non-hydrogen) atoms. The van der Waals surface area contributed by atoms with Gasteiger partial charge in [0, 0.05) is 17.7 Å². The third-order valence-corrected chi connectivity index (χ3v) is 4.51. The first-order valence-electron chi connectivity index (χ1n) is 8.09. The summed E-state index contributed by atoms with van der Waals surface area (Å²) in [5, 5.41) is 2.78. The van der Waals surface area contributed by atoms with Crippen molar-refractivity contribution in [2.75, 3.05) is 18.9 Å². The van der Waals surface area contributed by atoms with E-state index in [9.17, 15) is 9.18 Å². The van der Waals surface area contributed by atoms with Gasteiger partial charge in [0.2, 0.25) is 0 Å². The predicted molar refractivity (Wildman–Crippen MR) is 88.9 cm³/mol. The first-order valence-corrected chi connectivity index (χ1v) is 8.09. The zero-order valence-corrected chi connectivity index (χ0v) is 13.3. The van der Waals surface area contributed by atoms with Crippen LogP contribution in [-0.2, 0) is 11.2 Å². The number of fused-ring (bicyclic) bond motifs is 1. The third kappa shape index (κ3) is 3.77. The monoisotopic (exact) mass is 313 g/mol. The molecule has 0 aliphatic heterocycles. The quantitative estimate of drug-likeness (QED) is 0.892. The van der Waals surface area contributed by atoms with Gasteiger partial charge in [-0.3, -0.25) is 4.79 Å². The summed E-state index contributed by atoms with van der Waals surface area (Å²) in [6.07, 6.45) is 3.37. The van der Waals surface area contributed by atoms with Gasteiger partial charge in [-0.2, -0.15) is 0 Å². The lowest BCUT2D eigenvalue weighted by Crippen LogP contribution is -3.10. The lowest BCUT2D eigenvalue weighted by atomic mass is 9.87. The van der Waals surface area contributed by atoms with Crippen molar-refractivity contribution in [3.05, 3.63) is 65.5 Å². The normalized spacial score (nSPS) is 18.1. The Hall–Kier alpha value is -2.20. The van der Waals surface area contributed by atoms with E-state index >= 15 is 0 Å². The van der Waals surface area contributed by atoms with E-state index < -0.39 is 0 Å². The van der Waals surface area contributed by atoms with Gasteiger partial charge in [-0.15, -0.1) is 0 Å². The summed E-state index contributed by atoms with van der Waals surface area (Å²) < 4.78 is 13.2. The smallest absolute Gasteiger partial charge is 0.279 e. The van der Waals surface area contributed by atoms with E-state index in [2.05, 4.69) is 36.6 Å². The van der Waals surface area contributed by atoms with Gasteiger partial charge >= 0.3 is 0 Å². The van der Waals surface area contributed by atoms with Crippen LogP contribution >= 0.6 is 0 Å². The van der Waals surface area contributed by atoms with Crippen molar-refractivity contribution in [3.8, 4) is 0 Å². The molecule has 0 bridgehead atoms. The number of carbonyl (C=O) groups is 1. The average Bonchev–Trinajstić information content (AvgIpc) is 2.54. The maximum atomic E-state index is 13.2. The van der Waals surface area contributed by atoms with Crippen molar-refractivity contribution in [1.82, 2.24) is 0 Å². The Kier molecular flexibility index (Phi) is 4.72. The van der Waals surface area contributed by atoms with Crippen LogP contribution in [0.2, 0.25) is 0 Å². The van der Waals surface area contributed by atoms with Crippen LogP contribution in [0.4, 0.5) is 10.1 Å². The SMILES string of the molecule is C[NH+](CC(=O)Nc1cccc(F)c1)[C@H]1CCCc2ccccc21. The van der Waals surface area contributed by atoms with E-state index in [4.69, 9.17) is 0 Å². The number of rotatable bonds is 4. The molecule has 0 saturated heterocycles. The van der Waals surface area contributed by atoms with Gasteiger partial charge in [-0.25, -0.2) is 4.39 Å². The molecule has 120 valence electrons. The summed E-state index contributed by atoms with van der Waals surface area (Å²) in [7, 11) is 2.05. The summed E-state index contributed by atoms with van der Waals surface area (Å²) in [6, 6.07) is 14.8. The highest BCUT2D eigenvalue weighted by Crippen LogP contribution is 2.27. The number of likely N-dealkylation sites (N-methyl/N-ethyl adjacent to an activating group) is 1. The van der Waals surface area contributed by atoms with Gasteiger partial charge in [0.15, 0.2) is 6.54 Å². The van der Waals surface area contributed by atoms with Crippen LogP contribution in [0.5, 0.6) is 0 Å². The molecular formula is C19H22FN2O+. The number of carbonyl (C=O) groups excluding carboxylic acids is 1. The van der Waals surface area contributed by atoms with Crippen LogP contribution in [0.15, 0.2) is 48.5 Å². The van der Waals surface area contributed by atoms with Crippen LogP contribution in [-0.4, -0.2) is 19.5 Å². The second-order valence-corrected chi connectivity index (χ2v) is 6.23. The van der Waals surface area contributed by atoms with Crippen molar-refractivity contribution < 1.29 is 14.1 Å². The van der Waals surface area contributed by atoms with Crippen LogP contribution in [0.25, 0.3) is 0 Å². The topological polar surface area (TPSA) is 33.5 Å². The Morgan fingerprint density at radius 1 is 1.26 bits per heavy atom. The van der Waals surface area contributed by atoms with Crippen molar-refractivity contribution in [3.63, 3.8) is 0 Å². The van der Waals surface area contributed by atoms with E-state index in [1.54, 1.807) is 12.1 Å². The van der Waals surface area contributed by atoms with Gasteiger partial charge in [0.1, 0.15) is 11.9 Å². The first kappa shape index (κ1) is 15.7. The number of hydrogen-bond acceptors (Lipinski definition) is 1. The number of benzene rings is 2. The van der Waals surface area contributed by atoms with Crippen molar-refractivity contribution in [2.24, 2.45) is 0 Å². The van der Waals surface area contributed by atoms with Gasteiger partial charge in [-0.1, -0.05) is 30.3 Å². The third-order valence-electron chi connectivity index (χ3n) is 4.51. The number of anilines is 1. The first-order chi connectivity index (χ1) is 11.1. The lowest BCUT2D eigenvalue weighted by molar-refractivity contribution is -0.905. The van der Waals surface area contributed by atoms with Gasteiger partial charge < -0.3 is 10.2 Å². The summed E-state index contributed by atoms with van der Waals surface area (Å²) in [6.45, 7) is 0.371. The molecular weight excluding hydrogens is 291 g/mol. The van der Waals surface area contributed by atoms with Crippen LogP contribution < -0.4 is 10.2 Å². The molecule has 0 heterocycles. The second kappa shape index (κ2) is 6.92. The molecule has 2 aromatic rings. The molecule has 3 nitrogen and oxygen atoms in total. The zero-order chi connectivity index (χ0) is 16.2. The number of aryl methyl sites for hydroxylation is 1. The predicted octanol–water partition coefficient (Wildman–Crippen LogP) is 2.36. The zero-order valence-electron chi connectivity index (χ0n) is 13.3. The van der Waals surface area contributed by atoms with E-state index in [1.807, 2.05) is 0 Å². The van der Waals surface area contributed by atoms with Crippen LogP contribution in [0, 0.1) is 5.82 Å². The minimum absolute atomic E-state index is 0.0869. The Labute approximate surface area is 136 Å². The number of nitrogens with one attached hydrogen (secondary N) is 2. The van der Waals surface area contributed by atoms with Crippen molar-refractivity contribution in [1.29, 1.82) is 0 Å². The number of amides is 1. The highest BCUT2D eigenvalue weighted by atomic mass is 19.1. The molecule has 1 unspecified atom stereocenters. The molecule has 2 aromatic carbocycles. The summed E-state index contributed by atoms with van der Waals surface area (Å²) in [5.41, 5.74) is 3.26. The minimum atomic E-state index is -0.343. The van der Waals surface area contributed by atoms with Crippen molar-refractivity contribution in [2.45, 2.75) is 25.3 Å². The van der Waals surface area contributed by atoms with E-state index in [0.717, 1.165) is 19.3 Å². The maximum absolute atomic E-state index is 13.2. The largest absolute Gasteiger partial charge is 0.323 e. The number of quaternary nitrogens is 1. The standard InChI is InChI=1S/C19H21FN2O/c1-22(13-19(23)21-16-9-5-8-15(20)12-16)18-11-4-7-14-6-2-3-10-17(14)18/h2-3,5-6,8-10,12,18H,4,7,11,13H2,1H3,(H,21,23)/p+1/t18-/m0/s1. The fourth-order valence-corrected chi connectivity index (χ4v) is 3.41. The lowest BCUT2D eigenvalue weighted by Gasteiger charge is -2.30. The van der Waals surface area contributed by atoms with Gasteiger partial charge in [0.25, 0.3) is 5.91 Å². The molecule has 0 aromatic heterocycles.